The molecule has 0 aliphatic rings. The Morgan fingerprint density at radius 2 is 2.12 bits per heavy atom. The van der Waals surface area contributed by atoms with Crippen LogP contribution in [0.1, 0.15) is 37.2 Å². The number of nitrogens with one attached hydrogen (secondary N) is 1. The Kier molecular flexibility index (Phi) is 3.86. The molecule has 0 fully saturated rings. The normalized spacial score (nSPS) is 14.5. The molecule has 17 heavy (non-hydrogen) atoms. The van der Waals surface area contributed by atoms with Crippen LogP contribution < -0.4 is 5.32 Å². The van der Waals surface area contributed by atoms with Gasteiger partial charge in [-0.3, -0.25) is 0 Å². The minimum Gasteiger partial charge on any atom is -0.302 e. The second-order valence-electron chi connectivity index (χ2n) is 4.08. The summed E-state index contributed by atoms with van der Waals surface area (Å²) in [5, 5.41) is 5.43. The van der Waals surface area contributed by atoms with E-state index in [0.717, 1.165) is 11.3 Å². The fourth-order valence-electron chi connectivity index (χ4n) is 1.77. The Hall–Kier alpha value is -1.26. The third kappa shape index (κ3) is 3.11. The summed E-state index contributed by atoms with van der Waals surface area (Å²) in [6, 6.07) is 6.94. The van der Waals surface area contributed by atoms with E-state index in [-0.39, 0.29) is 17.9 Å². The van der Waals surface area contributed by atoms with E-state index in [1.807, 2.05) is 23.9 Å². The Labute approximate surface area is 105 Å². The lowest BCUT2D eigenvalue weighted by Crippen LogP contribution is -2.22. The number of hydrogen-bond donors (Lipinski definition) is 1. The second-order valence-corrected chi connectivity index (χ2v) is 4.80. The van der Waals surface area contributed by atoms with Crippen molar-refractivity contribution < 1.29 is 4.39 Å². The Balaban J connectivity index is 2.04. The standard InChI is InChI=1S/C13H15FN2S/c1-9(11-4-3-5-12(14)6-11)16-10(2)13-7-17-8-15-13/h3-10,16H,1-2H3/t9-,10?/m0/s1. The minimum atomic E-state index is -0.197. The molecular weight excluding hydrogens is 235 g/mol. The van der Waals surface area contributed by atoms with Gasteiger partial charge in [-0.05, 0) is 31.5 Å². The summed E-state index contributed by atoms with van der Waals surface area (Å²) < 4.78 is 13.1. The number of thiazole rings is 1. The van der Waals surface area contributed by atoms with Gasteiger partial charge in [-0.15, -0.1) is 11.3 Å². The van der Waals surface area contributed by atoms with Crippen LogP contribution in [0.4, 0.5) is 4.39 Å². The first-order valence-corrected chi connectivity index (χ1v) is 6.50. The van der Waals surface area contributed by atoms with E-state index < -0.39 is 0 Å². The molecule has 2 nitrogen and oxygen atoms in total. The summed E-state index contributed by atoms with van der Waals surface area (Å²) in [5.74, 6) is -0.197. The van der Waals surface area contributed by atoms with E-state index in [0.29, 0.717) is 0 Å². The van der Waals surface area contributed by atoms with Gasteiger partial charge in [0.1, 0.15) is 5.82 Å². The molecule has 0 amide bonds. The van der Waals surface area contributed by atoms with Gasteiger partial charge in [-0.1, -0.05) is 12.1 Å². The van der Waals surface area contributed by atoms with Gasteiger partial charge in [0.25, 0.3) is 0 Å². The zero-order valence-corrected chi connectivity index (χ0v) is 10.7. The third-order valence-corrected chi connectivity index (χ3v) is 3.35. The molecule has 0 saturated heterocycles. The second kappa shape index (κ2) is 5.38. The van der Waals surface area contributed by atoms with Crippen molar-refractivity contribution in [2.24, 2.45) is 0 Å². The molecule has 0 radical (unpaired) electrons. The lowest BCUT2D eigenvalue weighted by molar-refractivity contribution is 0.485. The Bertz CT molecular complexity index is 470. The van der Waals surface area contributed by atoms with Gasteiger partial charge < -0.3 is 5.32 Å². The van der Waals surface area contributed by atoms with Gasteiger partial charge >= 0.3 is 0 Å². The molecular formula is C13H15FN2S. The number of hydrogen-bond acceptors (Lipinski definition) is 3. The maximum atomic E-state index is 13.1. The van der Waals surface area contributed by atoms with Gasteiger partial charge in [0.15, 0.2) is 0 Å². The van der Waals surface area contributed by atoms with Crippen molar-refractivity contribution in [1.29, 1.82) is 0 Å². The van der Waals surface area contributed by atoms with Gasteiger partial charge in [-0.2, -0.15) is 0 Å². The number of nitrogens with zero attached hydrogens (tertiary/aromatic N) is 1. The molecule has 1 N–H and O–H groups in total. The van der Waals surface area contributed by atoms with Gasteiger partial charge in [0.2, 0.25) is 0 Å². The number of aromatic nitrogens is 1. The van der Waals surface area contributed by atoms with Crippen LogP contribution >= 0.6 is 11.3 Å². The smallest absolute Gasteiger partial charge is 0.123 e. The van der Waals surface area contributed by atoms with E-state index in [2.05, 4.69) is 17.2 Å². The molecule has 90 valence electrons. The maximum Gasteiger partial charge on any atom is 0.123 e. The molecule has 1 aromatic heterocycles. The summed E-state index contributed by atoms with van der Waals surface area (Å²) in [5.41, 5.74) is 3.80. The van der Waals surface area contributed by atoms with Gasteiger partial charge in [0.05, 0.1) is 11.2 Å². The molecule has 0 bridgehead atoms. The van der Waals surface area contributed by atoms with Crippen LogP contribution in [0.25, 0.3) is 0 Å². The molecule has 0 aliphatic carbocycles. The maximum absolute atomic E-state index is 13.1. The van der Waals surface area contributed by atoms with Crippen molar-refractivity contribution in [2.75, 3.05) is 0 Å². The molecule has 1 aromatic carbocycles. The summed E-state index contributed by atoms with van der Waals surface area (Å²) in [6.07, 6.45) is 0. The predicted molar refractivity (Wildman–Crippen MR) is 68.5 cm³/mol. The molecule has 2 aromatic rings. The fraction of sp³-hybridized carbons (Fsp3) is 0.308. The number of halogens is 1. The molecule has 4 heteroatoms. The highest BCUT2D eigenvalue weighted by Gasteiger charge is 2.12. The molecule has 0 aliphatic heterocycles. The highest BCUT2D eigenvalue weighted by atomic mass is 32.1. The van der Waals surface area contributed by atoms with Crippen molar-refractivity contribution in [3.8, 4) is 0 Å². The van der Waals surface area contributed by atoms with Crippen LogP contribution in [-0.4, -0.2) is 4.98 Å². The van der Waals surface area contributed by atoms with Crippen molar-refractivity contribution in [3.05, 3.63) is 52.2 Å². The SMILES string of the molecule is CC(N[C@@H](C)c1cccc(F)c1)c1cscn1. The minimum absolute atomic E-state index is 0.0994. The zero-order valence-electron chi connectivity index (χ0n) is 9.85. The van der Waals surface area contributed by atoms with Crippen LogP contribution in [0, 0.1) is 5.82 Å². The average molecular weight is 250 g/mol. The fourth-order valence-corrected chi connectivity index (χ4v) is 2.42. The quantitative estimate of drug-likeness (QED) is 0.895. The predicted octanol–water partition coefficient (Wildman–Crippen LogP) is 3.69. The summed E-state index contributed by atoms with van der Waals surface area (Å²) >= 11 is 1.58. The summed E-state index contributed by atoms with van der Waals surface area (Å²) in [4.78, 5) is 4.26. The lowest BCUT2D eigenvalue weighted by Gasteiger charge is -2.19. The third-order valence-electron chi connectivity index (χ3n) is 2.74. The van der Waals surface area contributed by atoms with Crippen LogP contribution in [0.2, 0.25) is 0 Å². The zero-order chi connectivity index (χ0) is 12.3. The molecule has 0 spiro atoms. The van der Waals surface area contributed by atoms with Crippen LogP contribution in [0.5, 0.6) is 0 Å². The van der Waals surface area contributed by atoms with Crippen molar-refractivity contribution in [1.82, 2.24) is 10.3 Å². The monoisotopic (exact) mass is 250 g/mol. The van der Waals surface area contributed by atoms with Crippen LogP contribution in [0.15, 0.2) is 35.2 Å². The molecule has 2 rings (SSSR count). The first-order valence-electron chi connectivity index (χ1n) is 5.56. The number of benzene rings is 1. The average Bonchev–Trinajstić information content (AvgIpc) is 2.82. The summed E-state index contributed by atoms with van der Waals surface area (Å²) in [6.45, 7) is 4.09. The van der Waals surface area contributed by atoms with Crippen LogP contribution in [0.3, 0.4) is 0 Å². The summed E-state index contributed by atoms with van der Waals surface area (Å²) in [7, 11) is 0. The van der Waals surface area contributed by atoms with Crippen molar-refractivity contribution in [3.63, 3.8) is 0 Å². The van der Waals surface area contributed by atoms with Crippen molar-refractivity contribution in [2.45, 2.75) is 25.9 Å². The van der Waals surface area contributed by atoms with E-state index in [4.69, 9.17) is 0 Å². The van der Waals surface area contributed by atoms with E-state index in [1.165, 1.54) is 6.07 Å². The Morgan fingerprint density at radius 3 is 2.76 bits per heavy atom. The first-order chi connectivity index (χ1) is 8.16. The largest absolute Gasteiger partial charge is 0.302 e. The highest BCUT2D eigenvalue weighted by molar-refractivity contribution is 7.07. The van der Waals surface area contributed by atoms with E-state index >= 15 is 0 Å². The molecule has 1 unspecified atom stereocenters. The van der Waals surface area contributed by atoms with Crippen molar-refractivity contribution >= 4 is 11.3 Å². The van der Waals surface area contributed by atoms with Gasteiger partial charge in [-0.25, -0.2) is 9.37 Å². The lowest BCUT2D eigenvalue weighted by atomic mass is 10.1. The molecule has 1 heterocycles. The van der Waals surface area contributed by atoms with E-state index in [9.17, 15) is 4.39 Å². The van der Waals surface area contributed by atoms with Gasteiger partial charge in [0, 0.05) is 17.5 Å². The van der Waals surface area contributed by atoms with E-state index in [1.54, 1.807) is 23.5 Å². The molecule has 2 atom stereocenters. The number of rotatable bonds is 4. The Morgan fingerprint density at radius 1 is 1.29 bits per heavy atom. The molecule has 0 saturated carbocycles. The first kappa shape index (κ1) is 12.2. The highest BCUT2D eigenvalue weighted by Crippen LogP contribution is 2.19. The van der Waals surface area contributed by atoms with Crippen LogP contribution in [-0.2, 0) is 0 Å². The topological polar surface area (TPSA) is 24.9 Å².